The molecule has 0 saturated heterocycles. The Hall–Kier alpha value is -2.79. The number of carbonyl (C=O) groups excluding carboxylic acids is 1. The van der Waals surface area contributed by atoms with E-state index in [4.69, 9.17) is 21.1 Å². The third-order valence-corrected chi connectivity index (χ3v) is 4.22. The molecule has 0 fully saturated rings. The maximum atomic E-state index is 12.5. The highest BCUT2D eigenvalue weighted by Crippen LogP contribution is 2.23. The van der Waals surface area contributed by atoms with Crippen molar-refractivity contribution in [1.82, 2.24) is 9.78 Å². The molecule has 6 heteroatoms. The smallest absolute Gasteiger partial charge is 0.342 e. The van der Waals surface area contributed by atoms with Crippen LogP contribution in [0, 0.1) is 13.8 Å². The first kappa shape index (κ1) is 18.0. The highest BCUT2D eigenvalue weighted by atomic mass is 35.5. The predicted molar refractivity (Wildman–Crippen MR) is 100 cm³/mol. The molecule has 0 unspecified atom stereocenters. The summed E-state index contributed by atoms with van der Waals surface area (Å²) in [5, 5.41) is 4.98. The Kier molecular flexibility index (Phi) is 5.58. The molecule has 134 valence electrons. The summed E-state index contributed by atoms with van der Waals surface area (Å²) in [5.74, 6) is 0.152. The van der Waals surface area contributed by atoms with E-state index >= 15 is 0 Å². The summed E-state index contributed by atoms with van der Waals surface area (Å²) in [5.41, 5.74) is 2.75. The van der Waals surface area contributed by atoms with Gasteiger partial charge in [0.1, 0.15) is 24.5 Å². The largest absolute Gasteiger partial charge is 0.488 e. The molecule has 5 nitrogen and oxygen atoms in total. The summed E-state index contributed by atoms with van der Waals surface area (Å²) in [6.07, 6.45) is 0. The van der Waals surface area contributed by atoms with Crippen molar-refractivity contribution >= 4 is 17.6 Å². The molecule has 1 heterocycles. The van der Waals surface area contributed by atoms with E-state index in [0.29, 0.717) is 22.0 Å². The van der Waals surface area contributed by atoms with Gasteiger partial charge in [0.25, 0.3) is 0 Å². The van der Waals surface area contributed by atoms with Gasteiger partial charge in [0.2, 0.25) is 0 Å². The molecule has 0 N–H and O–H groups in total. The lowest BCUT2D eigenvalue weighted by Crippen LogP contribution is -2.14. The summed E-state index contributed by atoms with van der Waals surface area (Å²) < 4.78 is 12.6. The normalized spacial score (nSPS) is 10.6. The fourth-order valence-corrected chi connectivity index (χ4v) is 2.87. The number of ether oxygens (including phenoxy) is 2. The molecule has 0 aliphatic rings. The van der Waals surface area contributed by atoms with Crippen LogP contribution in [0.4, 0.5) is 0 Å². The van der Waals surface area contributed by atoms with Crippen molar-refractivity contribution in [1.29, 1.82) is 0 Å². The molecule has 0 spiro atoms. The van der Waals surface area contributed by atoms with Gasteiger partial charge < -0.3 is 9.47 Å². The van der Waals surface area contributed by atoms with Crippen LogP contribution in [-0.4, -0.2) is 29.0 Å². The van der Waals surface area contributed by atoms with Crippen LogP contribution in [-0.2, 0) is 4.74 Å². The second kappa shape index (κ2) is 8.06. The van der Waals surface area contributed by atoms with Crippen molar-refractivity contribution in [3.63, 3.8) is 0 Å². The minimum absolute atomic E-state index is 0.124. The van der Waals surface area contributed by atoms with Crippen LogP contribution >= 0.6 is 11.6 Å². The maximum Gasteiger partial charge on any atom is 0.342 e. The van der Waals surface area contributed by atoms with E-state index in [1.165, 1.54) is 0 Å². The number of hydrogen-bond acceptors (Lipinski definition) is 4. The number of halogens is 1. The van der Waals surface area contributed by atoms with Crippen LogP contribution in [0.2, 0.25) is 5.02 Å². The summed E-state index contributed by atoms with van der Waals surface area (Å²) in [4.78, 5) is 12.5. The van der Waals surface area contributed by atoms with Crippen LogP contribution in [0.3, 0.4) is 0 Å². The second-order valence-corrected chi connectivity index (χ2v) is 6.12. The third kappa shape index (κ3) is 3.89. The Morgan fingerprint density at radius 3 is 2.46 bits per heavy atom. The summed E-state index contributed by atoms with van der Waals surface area (Å²) >= 11 is 6.02. The number of carbonyl (C=O) groups is 1. The third-order valence-electron chi connectivity index (χ3n) is 3.91. The second-order valence-electron chi connectivity index (χ2n) is 5.71. The van der Waals surface area contributed by atoms with Crippen LogP contribution in [0.5, 0.6) is 5.75 Å². The van der Waals surface area contributed by atoms with E-state index in [1.807, 2.05) is 49.4 Å². The number of aryl methyl sites for hydroxylation is 1. The van der Waals surface area contributed by atoms with Crippen molar-refractivity contribution in [3.8, 4) is 11.4 Å². The van der Waals surface area contributed by atoms with Crippen molar-refractivity contribution in [3.05, 3.63) is 76.6 Å². The average Bonchev–Trinajstić information content (AvgIpc) is 2.95. The predicted octanol–water partition coefficient (Wildman–Crippen LogP) is 4.38. The van der Waals surface area contributed by atoms with E-state index in [-0.39, 0.29) is 13.2 Å². The van der Waals surface area contributed by atoms with Gasteiger partial charge in [-0.15, -0.1) is 0 Å². The minimum atomic E-state index is -0.412. The van der Waals surface area contributed by atoms with Crippen molar-refractivity contribution in [2.75, 3.05) is 13.2 Å². The van der Waals surface area contributed by atoms with Crippen LogP contribution in [0.15, 0.2) is 54.6 Å². The van der Waals surface area contributed by atoms with Crippen LogP contribution < -0.4 is 4.74 Å². The Balaban J connectivity index is 1.63. The topological polar surface area (TPSA) is 53.4 Å². The lowest BCUT2D eigenvalue weighted by Gasteiger charge is -2.09. The molecule has 0 saturated carbocycles. The number of para-hydroxylation sites is 2. The minimum Gasteiger partial charge on any atom is -0.488 e. The number of nitrogens with zero attached hydrogens (tertiary/aromatic N) is 2. The lowest BCUT2D eigenvalue weighted by atomic mass is 10.2. The van der Waals surface area contributed by atoms with Gasteiger partial charge in [0, 0.05) is 0 Å². The van der Waals surface area contributed by atoms with E-state index in [2.05, 4.69) is 5.10 Å². The van der Waals surface area contributed by atoms with Gasteiger partial charge in [0.05, 0.1) is 22.1 Å². The molecule has 1 aromatic heterocycles. The molecule has 0 amide bonds. The van der Waals surface area contributed by atoms with Crippen molar-refractivity contribution in [2.45, 2.75) is 13.8 Å². The number of hydrogen-bond donors (Lipinski definition) is 0. The quantitative estimate of drug-likeness (QED) is 0.477. The SMILES string of the molecule is Cc1nn(-c2ccccc2)c(C)c1C(=O)OCCOc1ccccc1Cl. The van der Waals surface area contributed by atoms with E-state index in [9.17, 15) is 4.79 Å². The lowest BCUT2D eigenvalue weighted by molar-refractivity contribution is 0.0449. The average molecular weight is 371 g/mol. The van der Waals surface area contributed by atoms with E-state index < -0.39 is 5.97 Å². The first-order valence-electron chi connectivity index (χ1n) is 8.24. The van der Waals surface area contributed by atoms with Crippen LogP contribution in [0.25, 0.3) is 5.69 Å². The fourth-order valence-electron chi connectivity index (χ4n) is 2.68. The van der Waals surface area contributed by atoms with Gasteiger partial charge in [-0.1, -0.05) is 41.9 Å². The van der Waals surface area contributed by atoms with Gasteiger partial charge in [-0.3, -0.25) is 0 Å². The zero-order valence-electron chi connectivity index (χ0n) is 14.6. The fraction of sp³-hybridized carbons (Fsp3) is 0.200. The molecule has 3 rings (SSSR count). The highest BCUT2D eigenvalue weighted by Gasteiger charge is 2.20. The molecule has 0 bridgehead atoms. The molecule has 0 aliphatic heterocycles. The standard InChI is InChI=1S/C20H19ClN2O3/c1-14-19(15(2)23(22-14)16-8-4-3-5-9-16)20(24)26-13-12-25-18-11-7-6-10-17(18)21/h3-11H,12-13H2,1-2H3. The van der Waals surface area contributed by atoms with Gasteiger partial charge in [0.15, 0.2) is 0 Å². The molecule has 2 aromatic carbocycles. The summed E-state index contributed by atoms with van der Waals surface area (Å²) in [7, 11) is 0. The van der Waals surface area contributed by atoms with E-state index in [0.717, 1.165) is 11.4 Å². The Morgan fingerprint density at radius 1 is 1.04 bits per heavy atom. The molecule has 0 aliphatic carbocycles. The number of aromatic nitrogens is 2. The molecule has 0 radical (unpaired) electrons. The zero-order valence-corrected chi connectivity index (χ0v) is 15.4. The van der Waals surface area contributed by atoms with Crippen molar-refractivity contribution < 1.29 is 14.3 Å². The zero-order chi connectivity index (χ0) is 18.5. The summed E-state index contributed by atoms with van der Waals surface area (Å²) in [6, 6.07) is 16.8. The highest BCUT2D eigenvalue weighted by molar-refractivity contribution is 6.32. The number of benzene rings is 2. The number of esters is 1. The molecular weight excluding hydrogens is 352 g/mol. The number of rotatable bonds is 6. The van der Waals surface area contributed by atoms with Crippen LogP contribution in [0.1, 0.15) is 21.7 Å². The monoisotopic (exact) mass is 370 g/mol. The van der Waals surface area contributed by atoms with Gasteiger partial charge in [-0.25, -0.2) is 9.48 Å². The molecule has 3 aromatic rings. The molecule has 26 heavy (non-hydrogen) atoms. The summed E-state index contributed by atoms with van der Waals surface area (Å²) in [6.45, 7) is 3.99. The Bertz CT molecular complexity index is 907. The van der Waals surface area contributed by atoms with Gasteiger partial charge in [-0.05, 0) is 38.1 Å². The Morgan fingerprint density at radius 2 is 1.73 bits per heavy atom. The maximum absolute atomic E-state index is 12.5. The van der Waals surface area contributed by atoms with E-state index in [1.54, 1.807) is 23.7 Å². The van der Waals surface area contributed by atoms with Gasteiger partial charge >= 0.3 is 5.97 Å². The Labute approximate surface area is 157 Å². The van der Waals surface area contributed by atoms with Gasteiger partial charge in [-0.2, -0.15) is 5.10 Å². The van der Waals surface area contributed by atoms with Crippen molar-refractivity contribution in [2.24, 2.45) is 0 Å². The molecular formula is C20H19ClN2O3. The first-order chi connectivity index (χ1) is 12.6. The molecule has 0 atom stereocenters. The first-order valence-corrected chi connectivity index (χ1v) is 8.62.